The molecule has 9 heteroatoms. The maximum atomic E-state index is 12.5. The van der Waals surface area contributed by atoms with E-state index in [2.05, 4.69) is 9.73 Å². The fraction of sp³-hybridized carbons (Fsp3) is 0.714. The predicted octanol–water partition coefficient (Wildman–Crippen LogP) is 0.230. The van der Waals surface area contributed by atoms with Crippen LogP contribution in [-0.2, 0) is 9.53 Å². The molecule has 2 atom stereocenters. The number of hydrogen-bond donors (Lipinski definition) is 2. The van der Waals surface area contributed by atoms with Gasteiger partial charge in [-0.15, -0.1) is 0 Å². The molecule has 5 nitrogen and oxygen atoms in total. The number of nitrogens with two attached hydrogens (primary N) is 1. The van der Waals surface area contributed by atoms with Crippen LogP contribution in [0, 0.1) is 0 Å². The number of halogens is 3. The first-order chi connectivity index (χ1) is 7.22. The second-order valence-corrected chi connectivity index (χ2v) is 4.05. The Balaban J connectivity index is 3.00. The fourth-order valence-corrected chi connectivity index (χ4v) is 2.05. The molecule has 0 bridgehead atoms. The van der Waals surface area contributed by atoms with Crippen LogP contribution in [0.3, 0.4) is 0 Å². The van der Waals surface area contributed by atoms with Crippen molar-refractivity contribution in [2.75, 3.05) is 6.61 Å². The molecule has 0 spiro atoms. The minimum absolute atomic E-state index is 0.0935. The van der Waals surface area contributed by atoms with Crippen LogP contribution >= 0.6 is 11.8 Å². The van der Waals surface area contributed by atoms with Crippen molar-refractivity contribution in [2.45, 2.75) is 24.1 Å². The SMILES string of the molecule is CCOC(=O)C1SC(N)=NC1(O)C(F)(F)F. The lowest BCUT2D eigenvalue weighted by Crippen LogP contribution is -2.53. The van der Waals surface area contributed by atoms with Crippen LogP contribution in [0.1, 0.15) is 6.92 Å². The van der Waals surface area contributed by atoms with Crippen LogP contribution < -0.4 is 5.73 Å². The monoisotopic (exact) mass is 258 g/mol. The standard InChI is InChI=1S/C7H9F3N2O3S/c1-2-15-4(13)3-6(14,7(8,9)10)12-5(11)16-3/h3,14H,2H2,1H3,(H2,11,12). The van der Waals surface area contributed by atoms with Crippen molar-refractivity contribution in [3.63, 3.8) is 0 Å². The molecule has 0 amide bonds. The number of thioether (sulfide) groups is 1. The maximum absolute atomic E-state index is 12.5. The third-order valence-corrected chi connectivity index (χ3v) is 2.89. The number of rotatable bonds is 2. The Kier molecular flexibility index (Phi) is 3.38. The van der Waals surface area contributed by atoms with Crippen LogP contribution in [0.4, 0.5) is 13.2 Å². The van der Waals surface area contributed by atoms with E-state index in [9.17, 15) is 23.1 Å². The first kappa shape index (κ1) is 13.1. The number of hydrogen-bond acceptors (Lipinski definition) is 6. The summed E-state index contributed by atoms with van der Waals surface area (Å²) in [6, 6.07) is 0. The molecule has 0 aromatic carbocycles. The number of ether oxygens (including phenoxy) is 1. The average molecular weight is 258 g/mol. The first-order valence-corrected chi connectivity index (χ1v) is 5.08. The van der Waals surface area contributed by atoms with E-state index in [4.69, 9.17) is 5.73 Å². The lowest BCUT2D eigenvalue weighted by molar-refractivity contribution is -0.256. The molecule has 0 aromatic rings. The molecule has 0 aliphatic carbocycles. The molecule has 1 heterocycles. The lowest BCUT2D eigenvalue weighted by atomic mass is 10.1. The molecule has 1 aliphatic rings. The molecule has 0 radical (unpaired) electrons. The molecule has 0 aromatic heterocycles. The van der Waals surface area contributed by atoms with Gasteiger partial charge >= 0.3 is 12.1 Å². The van der Waals surface area contributed by atoms with Gasteiger partial charge in [-0.3, -0.25) is 4.79 Å². The second kappa shape index (κ2) is 4.13. The smallest absolute Gasteiger partial charge is 0.440 e. The van der Waals surface area contributed by atoms with Gasteiger partial charge < -0.3 is 15.6 Å². The molecule has 16 heavy (non-hydrogen) atoms. The van der Waals surface area contributed by atoms with Crippen molar-refractivity contribution in [1.82, 2.24) is 0 Å². The number of amidine groups is 1. The highest BCUT2D eigenvalue weighted by molar-refractivity contribution is 8.15. The van der Waals surface area contributed by atoms with Gasteiger partial charge in [0.05, 0.1) is 6.61 Å². The van der Waals surface area contributed by atoms with E-state index in [-0.39, 0.29) is 6.61 Å². The van der Waals surface area contributed by atoms with Crippen LogP contribution in [0.25, 0.3) is 0 Å². The Hall–Kier alpha value is -0.960. The average Bonchev–Trinajstić information content (AvgIpc) is 2.42. The number of alkyl halides is 3. The quantitative estimate of drug-likeness (QED) is 0.693. The van der Waals surface area contributed by atoms with Crippen molar-refractivity contribution in [1.29, 1.82) is 0 Å². The molecule has 0 saturated heterocycles. The Morgan fingerprint density at radius 1 is 1.75 bits per heavy atom. The number of nitrogens with zero attached hydrogens (tertiary/aromatic N) is 1. The van der Waals surface area contributed by atoms with E-state index < -0.39 is 28.3 Å². The normalized spacial score (nSPS) is 30.1. The topological polar surface area (TPSA) is 84.9 Å². The van der Waals surface area contributed by atoms with E-state index in [1.54, 1.807) is 0 Å². The lowest BCUT2D eigenvalue weighted by Gasteiger charge is -2.26. The summed E-state index contributed by atoms with van der Waals surface area (Å²) in [5.74, 6) is -1.20. The molecule has 1 aliphatic heterocycles. The highest BCUT2D eigenvalue weighted by Gasteiger charge is 2.65. The Morgan fingerprint density at radius 3 is 2.75 bits per heavy atom. The molecule has 2 unspecified atom stereocenters. The van der Waals surface area contributed by atoms with Gasteiger partial charge in [0.15, 0.2) is 10.4 Å². The van der Waals surface area contributed by atoms with Gasteiger partial charge in [-0.2, -0.15) is 13.2 Å². The Morgan fingerprint density at radius 2 is 2.31 bits per heavy atom. The van der Waals surface area contributed by atoms with Crippen LogP contribution in [0.2, 0.25) is 0 Å². The van der Waals surface area contributed by atoms with Gasteiger partial charge in [-0.25, -0.2) is 4.99 Å². The number of carbonyl (C=O) groups is 1. The second-order valence-electron chi connectivity index (χ2n) is 2.92. The summed E-state index contributed by atoms with van der Waals surface area (Å²) in [4.78, 5) is 14.1. The van der Waals surface area contributed by atoms with Gasteiger partial charge in [0, 0.05) is 0 Å². The highest BCUT2D eigenvalue weighted by atomic mass is 32.2. The minimum atomic E-state index is -5.08. The zero-order valence-corrected chi connectivity index (χ0v) is 8.93. The van der Waals surface area contributed by atoms with E-state index in [0.717, 1.165) is 0 Å². The molecule has 92 valence electrons. The Labute approximate surface area is 92.8 Å². The van der Waals surface area contributed by atoms with Crippen LogP contribution in [-0.4, -0.2) is 40.0 Å². The van der Waals surface area contributed by atoms with Crippen molar-refractivity contribution < 1.29 is 27.8 Å². The third kappa shape index (κ3) is 2.09. The van der Waals surface area contributed by atoms with E-state index in [1.807, 2.05) is 0 Å². The Bertz CT molecular complexity index is 333. The summed E-state index contributed by atoms with van der Waals surface area (Å²) in [7, 11) is 0. The highest BCUT2D eigenvalue weighted by Crippen LogP contribution is 2.44. The number of carbonyl (C=O) groups excluding carboxylic acids is 1. The predicted molar refractivity (Wildman–Crippen MR) is 50.6 cm³/mol. The number of esters is 1. The number of aliphatic hydroxyl groups is 1. The van der Waals surface area contributed by atoms with Gasteiger partial charge in [-0.05, 0) is 6.92 Å². The van der Waals surface area contributed by atoms with E-state index in [1.165, 1.54) is 6.92 Å². The molecular weight excluding hydrogens is 249 g/mol. The van der Waals surface area contributed by atoms with Crippen LogP contribution in [0.5, 0.6) is 0 Å². The molecule has 0 fully saturated rings. The summed E-state index contributed by atoms with van der Waals surface area (Å²) in [5, 5.41) is 6.93. The van der Waals surface area contributed by atoms with Crippen molar-refractivity contribution in [3.05, 3.63) is 0 Å². The van der Waals surface area contributed by atoms with Crippen molar-refractivity contribution in [3.8, 4) is 0 Å². The van der Waals surface area contributed by atoms with Crippen molar-refractivity contribution in [2.24, 2.45) is 10.7 Å². The summed E-state index contributed by atoms with van der Waals surface area (Å²) >= 11 is 0.331. The van der Waals surface area contributed by atoms with Crippen LogP contribution in [0.15, 0.2) is 4.99 Å². The molecule has 1 rings (SSSR count). The van der Waals surface area contributed by atoms with Gasteiger partial charge in [0.1, 0.15) is 0 Å². The zero-order valence-electron chi connectivity index (χ0n) is 8.11. The summed E-state index contributed by atoms with van der Waals surface area (Å²) in [6.07, 6.45) is -5.08. The third-order valence-electron chi connectivity index (χ3n) is 1.80. The molecule has 0 saturated carbocycles. The van der Waals surface area contributed by atoms with Gasteiger partial charge in [-0.1, -0.05) is 11.8 Å². The van der Waals surface area contributed by atoms with E-state index >= 15 is 0 Å². The zero-order chi connectivity index (χ0) is 12.6. The largest absolute Gasteiger partial charge is 0.465 e. The summed E-state index contributed by atoms with van der Waals surface area (Å²) in [5.41, 5.74) is 1.57. The minimum Gasteiger partial charge on any atom is -0.465 e. The fourth-order valence-electron chi connectivity index (χ4n) is 1.10. The molecular formula is C7H9F3N2O3S. The number of aliphatic imine (C=N–C) groups is 1. The summed E-state index contributed by atoms with van der Waals surface area (Å²) < 4.78 is 42.0. The van der Waals surface area contributed by atoms with Gasteiger partial charge in [0.2, 0.25) is 0 Å². The maximum Gasteiger partial charge on any atom is 0.440 e. The van der Waals surface area contributed by atoms with E-state index in [0.29, 0.717) is 11.8 Å². The van der Waals surface area contributed by atoms with Crippen molar-refractivity contribution >= 4 is 22.9 Å². The molecule has 3 N–H and O–H groups in total. The first-order valence-electron chi connectivity index (χ1n) is 4.20. The van der Waals surface area contributed by atoms with Gasteiger partial charge in [0.25, 0.3) is 5.72 Å². The summed E-state index contributed by atoms with van der Waals surface area (Å²) in [6.45, 7) is 1.35.